The fraction of sp³-hybridized carbons (Fsp3) is 0.421. The number of aliphatic hydroxyl groups is 1. The van der Waals surface area contributed by atoms with Crippen molar-refractivity contribution in [2.75, 3.05) is 11.5 Å². The van der Waals surface area contributed by atoms with Crippen molar-refractivity contribution >= 4 is 40.2 Å². The average molecular weight is 348 g/mol. The Balaban J connectivity index is 0.000000277. The summed E-state index contributed by atoms with van der Waals surface area (Å²) in [6, 6.07) is 15.4. The quantitative estimate of drug-likeness (QED) is 0.779. The van der Waals surface area contributed by atoms with Crippen LogP contribution in [0.4, 0.5) is 0 Å². The van der Waals surface area contributed by atoms with Crippen LogP contribution in [0.25, 0.3) is 10.8 Å². The van der Waals surface area contributed by atoms with Crippen LogP contribution in [-0.4, -0.2) is 33.8 Å². The van der Waals surface area contributed by atoms with Gasteiger partial charge in [-0.15, -0.1) is 11.8 Å². The molecule has 1 aliphatic rings. The van der Waals surface area contributed by atoms with Crippen molar-refractivity contribution < 1.29 is 5.11 Å². The van der Waals surface area contributed by atoms with Gasteiger partial charge in [0.05, 0.1) is 17.2 Å². The lowest BCUT2D eigenvalue weighted by Crippen LogP contribution is -2.04. The minimum absolute atomic E-state index is 0.102. The second kappa shape index (κ2) is 9.36. The normalized spacial score (nSPS) is 18.3. The number of thioether (sulfide) groups is 1. The Morgan fingerprint density at radius 3 is 2.57 bits per heavy atom. The number of thiol groups is 1. The van der Waals surface area contributed by atoms with Crippen LogP contribution in [0, 0.1) is 0 Å². The third kappa shape index (κ3) is 5.55. The summed E-state index contributed by atoms with van der Waals surface area (Å²) < 4.78 is 0. The second-order valence-electron chi connectivity index (χ2n) is 5.78. The molecule has 0 radical (unpaired) electrons. The summed E-state index contributed by atoms with van der Waals surface area (Å²) in [6.07, 6.45) is 1.91. The van der Waals surface area contributed by atoms with Gasteiger partial charge in [-0.3, -0.25) is 4.99 Å². The van der Waals surface area contributed by atoms with Gasteiger partial charge in [-0.25, -0.2) is 0 Å². The molecule has 2 aromatic carbocycles. The number of fused-ring (bicyclic) bond motifs is 1. The highest BCUT2D eigenvalue weighted by atomic mass is 32.2. The summed E-state index contributed by atoms with van der Waals surface area (Å²) in [7, 11) is 0. The number of benzene rings is 2. The van der Waals surface area contributed by atoms with Crippen molar-refractivity contribution in [1.82, 2.24) is 0 Å². The van der Waals surface area contributed by atoms with Crippen molar-refractivity contribution in [3.8, 4) is 0 Å². The van der Waals surface area contributed by atoms with Gasteiger partial charge < -0.3 is 5.11 Å². The highest BCUT2D eigenvalue weighted by molar-refractivity contribution is 8.14. The topological polar surface area (TPSA) is 32.6 Å². The van der Waals surface area contributed by atoms with Gasteiger partial charge in [0.25, 0.3) is 0 Å². The second-order valence-corrected chi connectivity index (χ2v) is 7.16. The van der Waals surface area contributed by atoms with Crippen molar-refractivity contribution in [2.24, 2.45) is 4.99 Å². The lowest BCUT2D eigenvalue weighted by atomic mass is 10.1. The molecule has 0 fully saturated rings. The van der Waals surface area contributed by atoms with Gasteiger partial charge in [-0.2, -0.15) is 12.6 Å². The Morgan fingerprint density at radius 2 is 2.00 bits per heavy atom. The SMILES string of the molecule is CCCC(C)O.SCC1CSC(c2ccc3ccccc3c2)=N1. The molecule has 1 N–H and O–H groups in total. The summed E-state index contributed by atoms with van der Waals surface area (Å²) in [5.74, 6) is 1.90. The molecule has 124 valence electrons. The average Bonchev–Trinajstić information content (AvgIpc) is 3.04. The highest BCUT2D eigenvalue weighted by Crippen LogP contribution is 2.26. The predicted octanol–water partition coefficient (Wildman–Crippen LogP) is 4.80. The summed E-state index contributed by atoms with van der Waals surface area (Å²) in [6.45, 7) is 3.87. The third-order valence-corrected chi connectivity index (χ3v) is 5.21. The maximum absolute atomic E-state index is 8.55. The van der Waals surface area contributed by atoms with E-state index in [1.807, 2.05) is 18.7 Å². The Labute approximate surface area is 148 Å². The molecule has 3 rings (SSSR count). The zero-order valence-corrected chi connectivity index (χ0v) is 15.5. The molecule has 2 aromatic rings. The molecular formula is C19H25NOS2. The lowest BCUT2D eigenvalue weighted by molar-refractivity contribution is 0.183. The van der Waals surface area contributed by atoms with E-state index in [2.05, 4.69) is 67.0 Å². The van der Waals surface area contributed by atoms with Crippen LogP contribution in [0.1, 0.15) is 32.3 Å². The van der Waals surface area contributed by atoms with Crippen molar-refractivity contribution in [3.63, 3.8) is 0 Å². The number of nitrogens with zero attached hydrogens (tertiary/aromatic N) is 1. The standard InChI is InChI=1S/C14H13NS2.C5H12O/c16-8-13-9-17-14(15-13)12-6-5-10-3-1-2-4-11(10)7-12;1-3-4-5(2)6/h1-7,13,16H,8-9H2;5-6H,3-4H2,1-2H3. The number of aliphatic imine (C=N–C) groups is 1. The first-order chi connectivity index (χ1) is 11.1. The maximum Gasteiger partial charge on any atom is 0.0981 e. The van der Waals surface area contributed by atoms with Crippen LogP contribution in [0.2, 0.25) is 0 Å². The van der Waals surface area contributed by atoms with E-state index >= 15 is 0 Å². The Hall–Kier alpha value is -0.970. The molecule has 0 spiro atoms. The van der Waals surface area contributed by atoms with Crippen molar-refractivity contribution in [3.05, 3.63) is 48.0 Å². The molecule has 4 heteroatoms. The molecule has 0 saturated heterocycles. The first-order valence-corrected chi connectivity index (χ1v) is 9.74. The molecule has 0 saturated carbocycles. The Morgan fingerprint density at radius 1 is 1.26 bits per heavy atom. The molecule has 2 nitrogen and oxygen atoms in total. The molecule has 1 heterocycles. The van der Waals surface area contributed by atoms with E-state index in [9.17, 15) is 0 Å². The number of rotatable bonds is 4. The molecule has 0 bridgehead atoms. The maximum atomic E-state index is 8.55. The van der Waals surface area contributed by atoms with Gasteiger partial charge >= 0.3 is 0 Å². The molecule has 23 heavy (non-hydrogen) atoms. The minimum Gasteiger partial charge on any atom is -0.393 e. The first-order valence-electron chi connectivity index (χ1n) is 8.12. The Kier molecular flexibility index (Phi) is 7.47. The van der Waals surface area contributed by atoms with Crippen LogP contribution in [0.3, 0.4) is 0 Å². The van der Waals surface area contributed by atoms with E-state index in [4.69, 9.17) is 5.11 Å². The van der Waals surface area contributed by atoms with Crippen molar-refractivity contribution in [1.29, 1.82) is 0 Å². The van der Waals surface area contributed by atoms with E-state index in [0.717, 1.165) is 29.4 Å². The molecule has 0 aromatic heterocycles. The first kappa shape index (κ1) is 18.4. The third-order valence-electron chi connectivity index (χ3n) is 3.63. The van der Waals surface area contributed by atoms with Crippen LogP contribution < -0.4 is 0 Å². The summed E-state index contributed by atoms with van der Waals surface area (Å²) in [5.41, 5.74) is 1.23. The zero-order chi connectivity index (χ0) is 16.7. The highest BCUT2D eigenvalue weighted by Gasteiger charge is 2.17. The largest absolute Gasteiger partial charge is 0.393 e. The van der Waals surface area contributed by atoms with E-state index in [1.165, 1.54) is 16.3 Å². The smallest absolute Gasteiger partial charge is 0.0981 e. The summed E-state index contributed by atoms with van der Waals surface area (Å²) in [5, 5.41) is 12.3. The lowest BCUT2D eigenvalue weighted by Gasteiger charge is -2.02. The fourth-order valence-electron chi connectivity index (χ4n) is 2.41. The van der Waals surface area contributed by atoms with Gasteiger partial charge in [0.2, 0.25) is 0 Å². The summed E-state index contributed by atoms with van der Waals surface area (Å²) in [4.78, 5) is 4.69. The molecule has 0 aliphatic carbocycles. The van der Waals surface area contributed by atoms with Gasteiger partial charge in [-0.05, 0) is 30.2 Å². The monoisotopic (exact) mass is 347 g/mol. The minimum atomic E-state index is -0.102. The van der Waals surface area contributed by atoms with E-state index < -0.39 is 0 Å². The molecule has 0 amide bonds. The van der Waals surface area contributed by atoms with Crippen LogP contribution >= 0.6 is 24.4 Å². The molecule has 2 unspecified atom stereocenters. The van der Waals surface area contributed by atoms with Crippen molar-refractivity contribution in [2.45, 2.75) is 38.8 Å². The van der Waals surface area contributed by atoms with Gasteiger partial charge in [0.1, 0.15) is 0 Å². The van der Waals surface area contributed by atoms with Gasteiger partial charge in [0, 0.05) is 17.1 Å². The van der Waals surface area contributed by atoms with Crippen LogP contribution in [0.15, 0.2) is 47.5 Å². The van der Waals surface area contributed by atoms with E-state index in [0.29, 0.717) is 6.04 Å². The van der Waals surface area contributed by atoms with E-state index in [-0.39, 0.29) is 6.10 Å². The number of aliphatic hydroxyl groups excluding tert-OH is 1. The summed E-state index contributed by atoms with van der Waals surface area (Å²) >= 11 is 6.15. The van der Waals surface area contributed by atoms with E-state index in [1.54, 1.807) is 0 Å². The van der Waals surface area contributed by atoms with Crippen LogP contribution in [0.5, 0.6) is 0 Å². The fourth-order valence-corrected chi connectivity index (χ4v) is 3.85. The zero-order valence-electron chi connectivity index (χ0n) is 13.8. The van der Waals surface area contributed by atoms with Gasteiger partial charge in [0.15, 0.2) is 0 Å². The number of hydrogen-bond acceptors (Lipinski definition) is 4. The van der Waals surface area contributed by atoms with Gasteiger partial charge in [-0.1, -0.05) is 49.7 Å². The van der Waals surface area contributed by atoms with Crippen LogP contribution in [-0.2, 0) is 0 Å². The Bertz CT molecular complexity index is 655. The number of hydrogen-bond donors (Lipinski definition) is 2. The molecule has 2 atom stereocenters. The predicted molar refractivity (Wildman–Crippen MR) is 107 cm³/mol. The molecular weight excluding hydrogens is 322 g/mol. The molecule has 1 aliphatic heterocycles.